The van der Waals surface area contributed by atoms with Gasteiger partial charge in [-0.15, -0.1) is 0 Å². The van der Waals surface area contributed by atoms with Crippen molar-refractivity contribution in [1.29, 1.82) is 0 Å². The van der Waals surface area contributed by atoms with Crippen molar-refractivity contribution >= 4 is 18.5 Å². The highest BCUT2D eigenvalue weighted by Crippen LogP contribution is 2.19. The third kappa shape index (κ3) is 1.32. The summed E-state index contributed by atoms with van der Waals surface area (Å²) in [6.45, 7) is 8.88. The van der Waals surface area contributed by atoms with Crippen LogP contribution in [0.3, 0.4) is 0 Å². The molecule has 0 saturated heterocycles. The molecule has 0 N–H and O–H groups in total. The summed E-state index contributed by atoms with van der Waals surface area (Å²) in [6, 6.07) is 0. The number of hydrogen-bond donors (Lipinski definition) is 0. The van der Waals surface area contributed by atoms with E-state index >= 15 is 0 Å². The summed E-state index contributed by atoms with van der Waals surface area (Å²) in [4.78, 5) is 11.7. The van der Waals surface area contributed by atoms with Crippen molar-refractivity contribution in [2.24, 2.45) is 4.99 Å². The fraction of sp³-hybridized carbons (Fsp3) is 0.125. The molecule has 1 heterocycles. The Balaban J connectivity index is 3.35. The molecule has 0 aliphatic heterocycles. The van der Waals surface area contributed by atoms with Crippen molar-refractivity contribution in [3.05, 3.63) is 24.3 Å². The zero-order valence-corrected chi connectivity index (χ0v) is 6.41. The Morgan fingerprint density at radius 2 is 2.27 bits per heavy atom. The smallest absolute Gasteiger partial charge is 0.116 e. The minimum atomic E-state index is 0.711. The molecule has 0 bridgehead atoms. The van der Waals surface area contributed by atoms with Gasteiger partial charge in [-0.25, -0.2) is 9.97 Å². The fourth-order valence-electron chi connectivity index (χ4n) is 0.830. The minimum Gasteiger partial charge on any atom is -0.260 e. The van der Waals surface area contributed by atoms with Crippen molar-refractivity contribution in [2.75, 3.05) is 0 Å². The zero-order valence-electron chi connectivity index (χ0n) is 6.41. The summed E-state index contributed by atoms with van der Waals surface area (Å²) in [5.74, 6) is 0. The van der Waals surface area contributed by atoms with Gasteiger partial charge in [-0.05, 0) is 19.7 Å². The lowest BCUT2D eigenvalue weighted by Gasteiger charge is -1.99. The Morgan fingerprint density at radius 3 is 2.73 bits per heavy atom. The van der Waals surface area contributed by atoms with Crippen molar-refractivity contribution in [3.8, 4) is 0 Å². The summed E-state index contributed by atoms with van der Waals surface area (Å²) in [5, 5.41) is 0. The predicted molar refractivity (Wildman–Crippen MR) is 46.1 cm³/mol. The Kier molecular flexibility index (Phi) is 2.11. The molecular formula is C8H9N3. The normalized spacial score (nSPS) is 9.18. The number of nitrogens with zero attached hydrogens (tertiary/aromatic N) is 3. The molecule has 11 heavy (non-hydrogen) atoms. The standard InChI is InChI=1S/C8H9N3/c1-4-7-8(9-3)6(2)10-5-11-7/h4-5H,1,3H2,2H3. The molecule has 1 rings (SSSR count). The molecule has 0 saturated carbocycles. The van der Waals surface area contributed by atoms with E-state index < -0.39 is 0 Å². The molecule has 0 spiro atoms. The van der Waals surface area contributed by atoms with Gasteiger partial charge in [-0.2, -0.15) is 0 Å². The second-order valence-corrected chi connectivity index (χ2v) is 2.06. The molecular weight excluding hydrogens is 138 g/mol. The van der Waals surface area contributed by atoms with E-state index in [0.29, 0.717) is 5.69 Å². The summed E-state index contributed by atoms with van der Waals surface area (Å²) in [7, 11) is 0. The summed E-state index contributed by atoms with van der Waals surface area (Å²) < 4.78 is 0. The molecule has 0 aromatic carbocycles. The average molecular weight is 147 g/mol. The lowest BCUT2D eigenvalue weighted by Crippen LogP contribution is -1.88. The molecule has 56 valence electrons. The Labute approximate surface area is 65.5 Å². The molecule has 1 aromatic rings. The van der Waals surface area contributed by atoms with E-state index in [1.54, 1.807) is 6.08 Å². The van der Waals surface area contributed by atoms with Gasteiger partial charge in [0.15, 0.2) is 0 Å². The number of aromatic nitrogens is 2. The van der Waals surface area contributed by atoms with Gasteiger partial charge < -0.3 is 0 Å². The Hall–Kier alpha value is -1.51. The van der Waals surface area contributed by atoms with Gasteiger partial charge in [-0.1, -0.05) is 6.58 Å². The first kappa shape index (κ1) is 7.60. The summed E-state index contributed by atoms with van der Waals surface area (Å²) in [6.07, 6.45) is 3.12. The number of rotatable bonds is 2. The number of hydrogen-bond acceptors (Lipinski definition) is 3. The lowest BCUT2D eigenvalue weighted by molar-refractivity contribution is 1.08. The van der Waals surface area contributed by atoms with Crippen LogP contribution in [-0.2, 0) is 0 Å². The van der Waals surface area contributed by atoms with Crippen LogP contribution in [0.4, 0.5) is 5.69 Å². The van der Waals surface area contributed by atoms with Gasteiger partial charge in [0, 0.05) is 0 Å². The van der Waals surface area contributed by atoms with E-state index in [-0.39, 0.29) is 0 Å². The van der Waals surface area contributed by atoms with E-state index in [9.17, 15) is 0 Å². The van der Waals surface area contributed by atoms with Crippen LogP contribution in [0.2, 0.25) is 0 Å². The fourth-order valence-corrected chi connectivity index (χ4v) is 0.830. The van der Waals surface area contributed by atoms with Gasteiger partial charge in [0.2, 0.25) is 0 Å². The topological polar surface area (TPSA) is 38.1 Å². The van der Waals surface area contributed by atoms with Crippen LogP contribution in [0.25, 0.3) is 6.08 Å². The van der Waals surface area contributed by atoms with Crippen molar-refractivity contribution in [1.82, 2.24) is 9.97 Å². The second kappa shape index (κ2) is 3.05. The lowest BCUT2D eigenvalue weighted by atomic mass is 10.3. The molecule has 0 amide bonds. The molecule has 0 radical (unpaired) electrons. The highest BCUT2D eigenvalue weighted by Gasteiger charge is 2.00. The Bertz CT molecular complexity index is 291. The zero-order chi connectivity index (χ0) is 8.27. The summed E-state index contributed by atoms with van der Waals surface area (Å²) in [5.41, 5.74) is 2.26. The van der Waals surface area contributed by atoms with E-state index in [2.05, 4.69) is 28.3 Å². The van der Waals surface area contributed by atoms with Gasteiger partial charge in [0.1, 0.15) is 12.0 Å². The maximum Gasteiger partial charge on any atom is 0.116 e. The highest BCUT2D eigenvalue weighted by molar-refractivity contribution is 5.62. The third-order valence-corrected chi connectivity index (χ3v) is 1.38. The minimum absolute atomic E-state index is 0.711. The van der Waals surface area contributed by atoms with E-state index in [4.69, 9.17) is 0 Å². The van der Waals surface area contributed by atoms with Gasteiger partial charge >= 0.3 is 0 Å². The average Bonchev–Trinajstić information content (AvgIpc) is 2.04. The van der Waals surface area contributed by atoms with Crippen LogP contribution >= 0.6 is 0 Å². The van der Waals surface area contributed by atoms with Crippen molar-refractivity contribution in [2.45, 2.75) is 6.92 Å². The molecule has 3 heteroatoms. The SMILES string of the molecule is C=Cc1ncnc(C)c1N=C. The van der Waals surface area contributed by atoms with Crippen molar-refractivity contribution in [3.63, 3.8) is 0 Å². The van der Waals surface area contributed by atoms with Gasteiger partial charge in [-0.3, -0.25) is 4.99 Å². The molecule has 0 fully saturated rings. The molecule has 0 atom stereocenters. The second-order valence-electron chi connectivity index (χ2n) is 2.06. The molecule has 0 aliphatic rings. The van der Waals surface area contributed by atoms with E-state index in [1.807, 2.05) is 6.92 Å². The molecule has 3 nitrogen and oxygen atoms in total. The number of aliphatic imine (C=N–C) groups is 1. The van der Waals surface area contributed by atoms with Crippen LogP contribution in [0, 0.1) is 6.92 Å². The molecule has 0 unspecified atom stereocenters. The van der Waals surface area contributed by atoms with Gasteiger partial charge in [0.25, 0.3) is 0 Å². The van der Waals surface area contributed by atoms with Crippen molar-refractivity contribution < 1.29 is 0 Å². The maximum absolute atomic E-state index is 3.97. The summed E-state index contributed by atoms with van der Waals surface area (Å²) >= 11 is 0. The quantitative estimate of drug-likeness (QED) is 0.598. The largest absolute Gasteiger partial charge is 0.260 e. The first-order valence-electron chi connectivity index (χ1n) is 3.20. The monoisotopic (exact) mass is 147 g/mol. The van der Waals surface area contributed by atoms with E-state index in [1.165, 1.54) is 6.33 Å². The number of aryl methyl sites for hydroxylation is 1. The van der Waals surface area contributed by atoms with Crippen LogP contribution in [0.5, 0.6) is 0 Å². The van der Waals surface area contributed by atoms with E-state index in [0.717, 1.165) is 11.4 Å². The highest BCUT2D eigenvalue weighted by atomic mass is 14.9. The molecule has 0 aliphatic carbocycles. The first-order valence-corrected chi connectivity index (χ1v) is 3.20. The van der Waals surface area contributed by atoms with Crippen LogP contribution in [0.1, 0.15) is 11.4 Å². The van der Waals surface area contributed by atoms with Crippen LogP contribution < -0.4 is 0 Å². The van der Waals surface area contributed by atoms with Crippen LogP contribution in [0.15, 0.2) is 17.9 Å². The Morgan fingerprint density at radius 1 is 1.55 bits per heavy atom. The third-order valence-electron chi connectivity index (χ3n) is 1.38. The first-order chi connectivity index (χ1) is 5.29. The van der Waals surface area contributed by atoms with Crippen LogP contribution in [-0.4, -0.2) is 16.7 Å². The molecule has 1 aromatic heterocycles. The predicted octanol–water partition coefficient (Wildman–Crippen LogP) is 1.76. The van der Waals surface area contributed by atoms with Gasteiger partial charge in [0.05, 0.1) is 11.4 Å². The maximum atomic E-state index is 3.97.